The van der Waals surface area contributed by atoms with Gasteiger partial charge in [-0.1, -0.05) is 6.08 Å². The molecule has 0 unspecified atom stereocenters. The Balaban J connectivity index is 1.44. The van der Waals surface area contributed by atoms with Crippen molar-refractivity contribution in [2.75, 3.05) is 46.4 Å². The predicted octanol–water partition coefficient (Wildman–Crippen LogP) is 3.97. The Morgan fingerprint density at radius 3 is 2.83 bits per heavy atom. The van der Waals surface area contributed by atoms with Gasteiger partial charge in [0.05, 0.1) is 30.4 Å². The highest BCUT2D eigenvalue weighted by atomic mass is 16.5. The summed E-state index contributed by atoms with van der Waals surface area (Å²) in [5.41, 5.74) is 4.54. The number of hydrogen-bond acceptors (Lipinski definition) is 5. The second kappa shape index (κ2) is 8.66. The Hall–Kier alpha value is -2.57. The van der Waals surface area contributed by atoms with Crippen LogP contribution in [0.5, 0.6) is 11.5 Å². The molecule has 0 aliphatic carbocycles. The van der Waals surface area contributed by atoms with Crippen molar-refractivity contribution in [3.63, 3.8) is 0 Å². The van der Waals surface area contributed by atoms with Crippen molar-refractivity contribution in [2.24, 2.45) is 0 Å². The van der Waals surface area contributed by atoms with Gasteiger partial charge in [0.25, 0.3) is 0 Å². The number of nitrogens with zero attached hydrogens (tertiary/aromatic N) is 2. The minimum Gasteiger partial charge on any atom is -0.493 e. The first-order valence-corrected chi connectivity index (χ1v) is 11.1. The molecular formula is C24H30N4O2. The lowest BCUT2D eigenvalue weighted by atomic mass is 10.0. The van der Waals surface area contributed by atoms with Crippen LogP contribution in [0.4, 0.5) is 0 Å². The van der Waals surface area contributed by atoms with Gasteiger partial charge in [-0.25, -0.2) is 0 Å². The summed E-state index contributed by atoms with van der Waals surface area (Å²) in [6.45, 7) is 6.15. The first kappa shape index (κ1) is 19.4. The SMILES string of the molecule is COc1cc2c(cc1OCCCN1CCCC1)[nH]c1ccnc(C3=CCNCC3)c12. The summed E-state index contributed by atoms with van der Waals surface area (Å²) in [5.74, 6) is 1.58. The van der Waals surface area contributed by atoms with E-state index in [1.165, 1.54) is 36.9 Å². The van der Waals surface area contributed by atoms with Gasteiger partial charge in [0.15, 0.2) is 11.5 Å². The van der Waals surface area contributed by atoms with Crippen LogP contribution in [0.15, 0.2) is 30.5 Å². The van der Waals surface area contributed by atoms with Gasteiger partial charge in [-0.2, -0.15) is 0 Å². The summed E-state index contributed by atoms with van der Waals surface area (Å²) in [6, 6.07) is 6.21. The lowest BCUT2D eigenvalue weighted by Gasteiger charge is -2.16. The van der Waals surface area contributed by atoms with Gasteiger partial charge in [0.1, 0.15) is 0 Å². The summed E-state index contributed by atoms with van der Waals surface area (Å²) < 4.78 is 11.8. The molecular weight excluding hydrogens is 376 g/mol. The molecule has 2 aromatic heterocycles. The Kier molecular flexibility index (Phi) is 5.60. The number of fused-ring (bicyclic) bond motifs is 3. The number of aromatic amines is 1. The number of rotatable bonds is 7. The molecule has 1 fully saturated rings. The number of likely N-dealkylation sites (tertiary alicyclic amines) is 1. The molecule has 30 heavy (non-hydrogen) atoms. The number of H-pyrrole nitrogens is 1. The van der Waals surface area contributed by atoms with E-state index in [0.717, 1.165) is 66.1 Å². The fourth-order valence-corrected chi connectivity index (χ4v) is 4.68. The fourth-order valence-electron chi connectivity index (χ4n) is 4.68. The van der Waals surface area contributed by atoms with E-state index >= 15 is 0 Å². The molecule has 0 saturated carbocycles. The van der Waals surface area contributed by atoms with Crippen LogP contribution < -0.4 is 14.8 Å². The topological polar surface area (TPSA) is 62.4 Å². The zero-order valence-electron chi connectivity index (χ0n) is 17.7. The molecule has 0 atom stereocenters. The highest BCUT2D eigenvalue weighted by molar-refractivity contribution is 6.12. The minimum atomic E-state index is 0.700. The van der Waals surface area contributed by atoms with E-state index in [0.29, 0.717) is 6.61 Å². The van der Waals surface area contributed by atoms with Crippen LogP contribution >= 0.6 is 0 Å². The van der Waals surface area contributed by atoms with Crippen LogP contribution in [0, 0.1) is 0 Å². The van der Waals surface area contributed by atoms with Crippen molar-refractivity contribution < 1.29 is 9.47 Å². The molecule has 0 radical (unpaired) electrons. The highest BCUT2D eigenvalue weighted by Gasteiger charge is 2.18. The molecule has 4 heterocycles. The fraction of sp³-hybridized carbons (Fsp3) is 0.458. The zero-order valence-corrected chi connectivity index (χ0v) is 17.7. The van der Waals surface area contributed by atoms with Crippen LogP contribution in [0.25, 0.3) is 27.4 Å². The second-order valence-corrected chi connectivity index (χ2v) is 8.19. The molecule has 1 aromatic carbocycles. The second-order valence-electron chi connectivity index (χ2n) is 8.19. The van der Waals surface area contributed by atoms with Crippen molar-refractivity contribution in [3.8, 4) is 11.5 Å². The minimum absolute atomic E-state index is 0.700. The Morgan fingerprint density at radius 2 is 2.03 bits per heavy atom. The predicted molar refractivity (Wildman–Crippen MR) is 121 cm³/mol. The first-order valence-electron chi connectivity index (χ1n) is 11.1. The molecule has 3 aromatic rings. The normalized spacial score (nSPS) is 17.6. The maximum atomic E-state index is 6.13. The van der Waals surface area contributed by atoms with Gasteiger partial charge in [-0.15, -0.1) is 0 Å². The number of hydrogen-bond donors (Lipinski definition) is 2. The van der Waals surface area contributed by atoms with E-state index in [4.69, 9.17) is 14.5 Å². The number of aromatic nitrogens is 2. The van der Waals surface area contributed by atoms with Crippen LogP contribution in [0.2, 0.25) is 0 Å². The molecule has 1 saturated heterocycles. The van der Waals surface area contributed by atoms with Crippen LogP contribution in [0.3, 0.4) is 0 Å². The van der Waals surface area contributed by atoms with Gasteiger partial charge in [-0.05, 0) is 63.0 Å². The highest BCUT2D eigenvalue weighted by Crippen LogP contribution is 2.38. The third-order valence-electron chi connectivity index (χ3n) is 6.24. The third-order valence-corrected chi connectivity index (χ3v) is 6.24. The summed E-state index contributed by atoms with van der Waals surface area (Å²) >= 11 is 0. The van der Waals surface area contributed by atoms with Crippen LogP contribution in [-0.4, -0.2) is 61.3 Å². The molecule has 0 bridgehead atoms. The molecule has 2 aliphatic rings. The quantitative estimate of drug-likeness (QED) is 0.582. The molecule has 0 spiro atoms. The van der Waals surface area contributed by atoms with Crippen molar-refractivity contribution in [1.29, 1.82) is 0 Å². The van der Waals surface area contributed by atoms with E-state index < -0.39 is 0 Å². The molecule has 158 valence electrons. The van der Waals surface area contributed by atoms with Crippen molar-refractivity contribution in [2.45, 2.75) is 25.7 Å². The smallest absolute Gasteiger partial charge is 0.163 e. The largest absolute Gasteiger partial charge is 0.493 e. The van der Waals surface area contributed by atoms with Gasteiger partial charge < -0.3 is 24.7 Å². The summed E-state index contributed by atoms with van der Waals surface area (Å²) in [5, 5.41) is 5.68. The maximum Gasteiger partial charge on any atom is 0.163 e. The molecule has 6 nitrogen and oxygen atoms in total. The van der Waals surface area contributed by atoms with E-state index in [-0.39, 0.29) is 0 Å². The summed E-state index contributed by atoms with van der Waals surface area (Å²) in [6.07, 6.45) is 8.83. The van der Waals surface area contributed by atoms with Crippen molar-refractivity contribution in [1.82, 2.24) is 20.2 Å². The van der Waals surface area contributed by atoms with Crippen LogP contribution in [-0.2, 0) is 0 Å². The van der Waals surface area contributed by atoms with E-state index in [9.17, 15) is 0 Å². The lowest BCUT2D eigenvalue weighted by Crippen LogP contribution is -2.21. The Morgan fingerprint density at radius 1 is 1.13 bits per heavy atom. The van der Waals surface area contributed by atoms with Gasteiger partial charge in [0, 0.05) is 36.1 Å². The molecule has 5 rings (SSSR count). The van der Waals surface area contributed by atoms with Gasteiger partial charge >= 0.3 is 0 Å². The number of ether oxygens (including phenoxy) is 2. The van der Waals surface area contributed by atoms with Gasteiger partial charge in [0.2, 0.25) is 0 Å². The monoisotopic (exact) mass is 406 g/mol. The Labute approximate surface area is 177 Å². The lowest BCUT2D eigenvalue weighted by molar-refractivity contribution is 0.254. The van der Waals surface area contributed by atoms with E-state index in [2.05, 4.69) is 33.4 Å². The van der Waals surface area contributed by atoms with Crippen molar-refractivity contribution >= 4 is 27.4 Å². The van der Waals surface area contributed by atoms with Gasteiger partial charge in [-0.3, -0.25) is 4.98 Å². The average molecular weight is 407 g/mol. The van der Waals surface area contributed by atoms with Crippen molar-refractivity contribution in [3.05, 3.63) is 36.2 Å². The first-order chi connectivity index (χ1) is 14.8. The molecule has 2 aliphatic heterocycles. The molecule has 6 heteroatoms. The number of methoxy groups -OCH3 is 1. The van der Waals surface area contributed by atoms with E-state index in [1.807, 2.05) is 12.3 Å². The average Bonchev–Trinajstić information content (AvgIpc) is 3.43. The van der Waals surface area contributed by atoms with E-state index in [1.54, 1.807) is 7.11 Å². The number of nitrogens with one attached hydrogen (secondary N) is 2. The molecule has 2 N–H and O–H groups in total. The Bertz CT molecular complexity index is 1070. The number of pyridine rings is 1. The summed E-state index contributed by atoms with van der Waals surface area (Å²) in [7, 11) is 1.71. The summed E-state index contributed by atoms with van der Waals surface area (Å²) in [4.78, 5) is 10.8. The zero-order chi connectivity index (χ0) is 20.3. The standard InChI is InChI=1S/C24H30N4O2/c1-29-21-15-18-20(16-22(21)30-14-4-13-28-11-2-3-12-28)27-19-7-10-26-24(23(18)19)17-5-8-25-9-6-17/h5,7,10,15-16,25,27H,2-4,6,8-9,11-14H2,1H3. The molecule has 0 amide bonds. The third kappa shape index (κ3) is 3.77. The number of benzene rings is 1. The maximum absolute atomic E-state index is 6.13. The van der Waals surface area contributed by atoms with Crippen LogP contribution in [0.1, 0.15) is 31.4 Å².